The summed E-state index contributed by atoms with van der Waals surface area (Å²) in [5.74, 6) is -0.813. The second-order valence-electron chi connectivity index (χ2n) is 5.37. The number of nitrogens with zero attached hydrogens (tertiary/aromatic N) is 2. The first-order valence-corrected chi connectivity index (χ1v) is 7.26. The van der Waals surface area contributed by atoms with E-state index < -0.39 is 16.5 Å². The topological polar surface area (TPSA) is 91.4 Å². The lowest BCUT2D eigenvalue weighted by Crippen LogP contribution is -2.28. The Morgan fingerprint density at radius 1 is 1.42 bits per heavy atom. The maximum absolute atomic E-state index is 12.7. The van der Waals surface area contributed by atoms with Gasteiger partial charge in [-0.2, -0.15) is 0 Å². The number of methoxy groups -OCH3 is 1. The third-order valence-corrected chi connectivity index (χ3v) is 3.93. The summed E-state index contributed by atoms with van der Waals surface area (Å²) in [7, 11) is 1.17. The number of hydrogen-bond acceptors (Lipinski definition) is 5. The normalized spacial score (nSPS) is 13.1. The van der Waals surface area contributed by atoms with Crippen molar-refractivity contribution in [1.82, 2.24) is 4.57 Å². The van der Waals surface area contributed by atoms with Crippen molar-refractivity contribution in [3.05, 3.63) is 74.1 Å². The van der Waals surface area contributed by atoms with Crippen LogP contribution < -0.4 is 5.56 Å². The number of allylic oxidation sites excluding steroid dienone is 4. The van der Waals surface area contributed by atoms with Crippen LogP contribution in [0.1, 0.15) is 16.8 Å². The Kier molecular flexibility index (Phi) is 3.99. The van der Waals surface area contributed by atoms with Gasteiger partial charge in [-0.15, -0.1) is 0 Å². The van der Waals surface area contributed by atoms with Gasteiger partial charge in [-0.25, -0.2) is 4.79 Å². The van der Waals surface area contributed by atoms with Crippen molar-refractivity contribution in [3.63, 3.8) is 0 Å². The van der Waals surface area contributed by atoms with Crippen LogP contribution >= 0.6 is 0 Å². The van der Waals surface area contributed by atoms with E-state index in [0.717, 1.165) is 5.57 Å². The van der Waals surface area contributed by atoms with Gasteiger partial charge >= 0.3 is 5.97 Å². The smallest absolute Gasteiger partial charge is 0.343 e. The molecular weight excluding hydrogens is 312 g/mol. The van der Waals surface area contributed by atoms with E-state index in [0.29, 0.717) is 11.9 Å². The van der Waals surface area contributed by atoms with E-state index in [-0.39, 0.29) is 23.2 Å². The molecule has 1 aliphatic carbocycles. The molecule has 0 aliphatic heterocycles. The number of non-ortho nitro benzene ring substituents is 1. The second kappa shape index (κ2) is 6.11. The molecule has 0 atom stereocenters. The molecule has 0 N–H and O–H groups in total. The number of benzene rings is 1. The third-order valence-electron chi connectivity index (χ3n) is 3.93. The van der Waals surface area contributed by atoms with Crippen molar-refractivity contribution in [2.45, 2.75) is 13.0 Å². The van der Waals surface area contributed by atoms with Crippen LogP contribution in [-0.4, -0.2) is 22.6 Å². The maximum Gasteiger partial charge on any atom is 0.343 e. The van der Waals surface area contributed by atoms with E-state index in [1.165, 1.54) is 29.9 Å². The molecule has 3 rings (SSSR count). The van der Waals surface area contributed by atoms with Crippen LogP contribution in [0.3, 0.4) is 0 Å². The molecule has 0 saturated heterocycles. The number of pyridine rings is 1. The van der Waals surface area contributed by atoms with Crippen LogP contribution in [0.25, 0.3) is 10.9 Å². The largest absolute Gasteiger partial charge is 0.465 e. The van der Waals surface area contributed by atoms with Gasteiger partial charge in [0.2, 0.25) is 0 Å². The molecule has 0 saturated carbocycles. The van der Waals surface area contributed by atoms with Crippen molar-refractivity contribution in [2.24, 2.45) is 0 Å². The molecule has 2 aromatic rings. The Hall–Kier alpha value is -3.22. The summed E-state index contributed by atoms with van der Waals surface area (Å²) in [5, 5.41) is 11.5. The number of esters is 1. The van der Waals surface area contributed by atoms with Gasteiger partial charge in [0.25, 0.3) is 11.2 Å². The number of nitro groups is 1. The second-order valence-corrected chi connectivity index (χ2v) is 5.37. The van der Waals surface area contributed by atoms with Crippen LogP contribution in [0.4, 0.5) is 5.69 Å². The number of fused-ring (bicyclic) bond motifs is 1. The summed E-state index contributed by atoms with van der Waals surface area (Å²) < 4.78 is 6.02. The fourth-order valence-electron chi connectivity index (χ4n) is 2.77. The number of aromatic nitrogens is 1. The molecule has 0 unspecified atom stereocenters. The predicted molar refractivity (Wildman–Crippen MR) is 88.0 cm³/mol. The quantitative estimate of drug-likeness (QED) is 0.489. The zero-order valence-corrected chi connectivity index (χ0v) is 12.9. The molecule has 1 aromatic carbocycles. The van der Waals surface area contributed by atoms with Crippen LogP contribution in [0.15, 0.2) is 52.9 Å². The van der Waals surface area contributed by atoms with E-state index >= 15 is 0 Å². The minimum atomic E-state index is -0.813. The lowest BCUT2D eigenvalue weighted by Gasteiger charge is -2.13. The van der Waals surface area contributed by atoms with Crippen LogP contribution in [0, 0.1) is 10.1 Å². The number of hydrogen-bond donors (Lipinski definition) is 0. The summed E-state index contributed by atoms with van der Waals surface area (Å²) in [6.07, 6.45) is 6.43. The van der Waals surface area contributed by atoms with Gasteiger partial charge in [-0.1, -0.05) is 24.3 Å². The van der Waals surface area contributed by atoms with Crippen LogP contribution in [0.5, 0.6) is 0 Å². The molecule has 0 amide bonds. The van der Waals surface area contributed by atoms with Crippen molar-refractivity contribution < 1.29 is 14.5 Å². The van der Waals surface area contributed by atoms with Crippen molar-refractivity contribution in [1.29, 1.82) is 0 Å². The van der Waals surface area contributed by atoms with Crippen LogP contribution in [0.2, 0.25) is 0 Å². The van der Waals surface area contributed by atoms with Crippen molar-refractivity contribution in [2.75, 3.05) is 7.11 Å². The van der Waals surface area contributed by atoms with Gasteiger partial charge in [0, 0.05) is 12.6 Å². The van der Waals surface area contributed by atoms with Crippen LogP contribution in [-0.2, 0) is 11.3 Å². The average Bonchev–Trinajstić information content (AvgIpc) is 3.08. The summed E-state index contributed by atoms with van der Waals surface area (Å²) in [6.45, 7) is 0.258. The first-order valence-electron chi connectivity index (χ1n) is 7.26. The average molecular weight is 326 g/mol. The van der Waals surface area contributed by atoms with Gasteiger partial charge in [-0.3, -0.25) is 14.9 Å². The molecule has 0 bridgehead atoms. The zero-order valence-electron chi connectivity index (χ0n) is 12.9. The SMILES string of the molecule is COC(=O)c1cc2c([N+](=O)[O-])cccc2n(CC2=CC=CC2)c1=O. The van der Waals surface area contributed by atoms with Crippen molar-refractivity contribution >= 4 is 22.6 Å². The molecule has 7 heteroatoms. The molecule has 1 aliphatic rings. The molecule has 1 aromatic heterocycles. The number of carbonyl (C=O) groups is 1. The third kappa shape index (κ3) is 2.60. The molecule has 24 heavy (non-hydrogen) atoms. The monoisotopic (exact) mass is 326 g/mol. The molecule has 7 nitrogen and oxygen atoms in total. The van der Waals surface area contributed by atoms with Gasteiger partial charge in [0.05, 0.1) is 22.9 Å². The zero-order chi connectivity index (χ0) is 17.3. The predicted octanol–water partition coefficient (Wildman–Crippen LogP) is 2.58. The Morgan fingerprint density at radius 3 is 2.83 bits per heavy atom. The standard InChI is InChI=1S/C17H14N2O5/c1-24-17(21)13-9-12-14(7-4-8-15(12)19(22)23)18(16(13)20)10-11-5-2-3-6-11/h2-5,7-9H,6,10H2,1H3. The Bertz CT molecular complexity index is 969. The number of ether oxygens (including phenoxy) is 1. The minimum absolute atomic E-state index is 0.162. The van der Waals surface area contributed by atoms with E-state index in [1.54, 1.807) is 6.07 Å². The Labute approximate surface area is 136 Å². The summed E-state index contributed by atoms with van der Waals surface area (Å²) in [4.78, 5) is 35.4. The van der Waals surface area contributed by atoms with Gasteiger partial charge in [0.15, 0.2) is 0 Å². The Morgan fingerprint density at radius 2 is 2.21 bits per heavy atom. The summed E-state index contributed by atoms with van der Waals surface area (Å²) in [5.41, 5.74) is 0.486. The fraction of sp³-hybridized carbons (Fsp3) is 0.176. The fourth-order valence-corrected chi connectivity index (χ4v) is 2.77. The number of carbonyl (C=O) groups excluding carboxylic acids is 1. The minimum Gasteiger partial charge on any atom is -0.465 e. The highest BCUT2D eigenvalue weighted by Gasteiger charge is 2.21. The molecule has 122 valence electrons. The van der Waals surface area contributed by atoms with E-state index in [9.17, 15) is 19.7 Å². The lowest BCUT2D eigenvalue weighted by atomic mass is 10.1. The number of nitro benzene ring substituents is 1. The van der Waals surface area contributed by atoms with E-state index in [2.05, 4.69) is 4.74 Å². The molecule has 0 radical (unpaired) electrons. The first-order chi connectivity index (χ1) is 11.5. The molecular formula is C17H14N2O5. The highest BCUT2D eigenvalue weighted by Crippen LogP contribution is 2.26. The van der Waals surface area contributed by atoms with E-state index in [1.807, 2.05) is 18.2 Å². The molecule has 0 spiro atoms. The summed E-state index contributed by atoms with van der Waals surface area (Å²) >= 11 is 0. The maximum atomic E-state index is 12.7. The Balaban J connectivity index is 2.32. The number of rotatable bonds is 4. The van der Waals surface area contributed by atoms with Gasteiger partial charge < -0.3 is 9.30 Å². The van der Waals surface area contributed by atoms with Gasteiger partial charge in [0.1, 0.15) is 5.56 Å². The highest BCUT2D eigenvalue weighted by molar-refractivity contribution is 5.96. The highest BCUT2D eigenvalue weighted by atomic mass is 16.6. The molecule has 0 fully saturated rings. The van der Waals surface area contributed by atoms with Crippen molar-refractivity contribution in [3.8, 4) is 0 Å². The lowest BCUT2D eigenvalue weighted by molar-refractivity contribution is -0.383. The molecule has 1 heterocycles. The first kappa shape index (κ1) is 15.7. The summed E-state index contributed by atoms with van der Waals surface area (Å²) in [6, 6.07) is 5.73. The van der Waals surface area contributed by atoms with Gasteiger partial charge in [-0.05, 0) is 24.1 Å². The van der Waals surface area contributed by atoms with E-state index in [4.69, 9.17) is 0 Å².